The summed E-state index contributed by atoms with van der Waals surface area (Å²) in [6.07, 6.45) is 3.62. The van der Waals surface area contributed by atoms with Crippen molar-refractivity contribution < 1.29 is 19.4 Å². The number of Topliss-reactive ketones (excluding diaryl/α,β-unsaturated/α-hetero) is 1. The lowest BCUT2D eigenvalue weighted by atomic mass is 9.83. The van der Waals surface area contributed by atoms with Crippen molar-refractivity contribution in [3.63, 3.8) is 0 Å². The number of nitro benzene ring substituents is 1. The molecule has 1 fully saturated rings. The van der Waals surface area contributed by atoms with E-state index in [4.69, 9.17) is 4.74 Å². The maximum Gasteiger partial charge on any atom is 0.270 e. The Labute approximate surface area is 200 Å². The van der Waals surface area contributed by atoms with Crippen molar-refractivity contribution in [1.82, 2.24) is 0 Å². The molecule has 176 valence electrons. The first-order valence-electron chi connectivity index (χ1n) is 11.0. The van der Waals surface area contributed by atoms with Gasteiger partial charge in [0.2, 0.25) is 6.04 Å². The molecule has 3 aromatic carbocycles. The molecule has 0 unspecified atom stereocenters. The molecule has 0 radical (unpaired) electrons. The van der Waals surface area contributed by atoms with Gasteiger partial charge in [-0.15, -0.1) is 0 Å². The summed E-state index contributed by atoms with van der Waals surface area (Å²) in [6, 6.07) is 17.1. The van der Waals surface area contributed by atoms with Crippen LogP contribution < -0.4 is 9.64 Å². The first kappa shape index (κ1) is 22.3. The first-order valence-corrected chi connectivity index (χ1v) is 11.0. The van der Waals surface area contributed by atoms with Crippen LogP contribution in [0, 0.1) is 20.2 Å². The zero-order valence-electron chi connectivity index (χ0n) is 18.7. The average molecular weight is 471 g/mol. The second-order valence-electron chi connectivity index (χ2n) is 8.51. The summed E-state index contributed by atoms with van der Waals surface area (Å²) < 4.78 is 5.24. The Kier molecular flexibility index (Phi) is 5.52. The summed E-state index contributed by atoms with van der Waals surface area (Å²) in [5, 5.41) is 23.8. The molecule has 1 saturated heterocycles. The van der Waals surface area contributed by atoms with Gasteiger partial charge in [0.1, 0.15) is 17.8 Å². The molecule has 2 aliphatic rings. The second kappa shape index (κ2) is 8.68. The van der Waals surface area contributed by atoms with Gasteiger partial charge in [0.15, 0.2) is 5.78 Å². The van der Waals surface area contributed by atoms with E-state index < -0.39 is 34.7 Å². The van der Waals surface area contributed by atoms with Gasteiger partial charge in [-0.1, -0.05) is 54.6 Å². The van der Waals surface area contributed by atoms with Crippen LogP contribution in [-0.4, -0.2) is 40.9 Å². The molecule has 0 saturated carbocycles. The van der Waals surface area contributed by atoms with E-state index in [1.54, 1.807) is 35.2 Å². The fourth-order valence-electron chi connectivity index (χ4n) is 5.20. The van der Waals surface area contributed by atoms with Crippen LogP contribution in [0.2, 0.25) is 0 Å². The summed E-state index contributed by atoms with van der Waals surface area (Å²) >= 11 is 0. The predicted molar refractivity (Wildman–Crippen MR) is 129 cm³/mol. The van der Waals surface area contributed by atoms with Crippen molar-refractivity contribution in [2.45, 2.75) is 24.0 Å². The monoisotopic (exact) mass is 471 g/mol. The smallest absolute Gasteiger partial charge is 0.270 e. The Balaban J connectivity index is 1.70. The molecule has 0 amide bonds. The van der Waals surface area contributed by atoms with E-state index in [1.807, 2.05) is 30.3 Å². The topological polar surface area (TPSA) is 116 Å². The molecule has 9 heteroatoms. The van der Waals surface area contributed by atoms with E-state index in [0.29, 0.717) is 17.0 Å². The Morgan fingerprint density at radius 1 is 0.971 bits per heavy atom. The lowest BCUT2D eigenvalue weighted by Gasteiger charge is -2.34. The number of hydrogen-bond donors (Lipinski definition) is 0. The standard InChI is InChI=1S/C26H21N3O6/c1-35-20-12-9-17(10-13-20)23-24(29(33)34)22-14-11-16-5-2-3-8-21(16)27(22)25(23)26(30)18-6-4-7-19(15-18)28(31)32/h2-15,22-25H,1H3/t22-,23+,24-,25-/m0/s1. The number of fused-ring (bicyclic) bond motifs is 3. The van der Waals surface area contributed by atoms with Crippen LogP contribution in [0.25, 0.3) is 6.08 Å². The molecule has 0 spiro atoms. The highest BCUT2D eigenvalue weighted by atomic mass is 16.6. The molecule has 0 aliphatic carbocycles. The van der Waals surface area contributed by atoms with Gasteiger partial charge < -0.3 is 9.64 Å². The number of rotatable bonds is 6. The maximum absolute atomic E-state index is 14.0. The van der Waals surface area contributed by atoms with Gasteiger partial charge in [0, 0.05) is 28.3 Å². The van der Waals surface area contributed by atoms with E-state index in [1.165, 1.54) is 31.4 Å². The molecule has 35 heavy (non-hydrogen) atoms. The first-order chi connectivity index (χ1) is 16.9. The highest BCUT2D eigenvalue weighted by molar-refractivity contribution is 6.04. The van der Waals surface area contributed by atoms with E-state index >= 15 is 0 Å². The number of carbonyl (C=O) groups is 1. The molecule has 3 aromatic rings. The van der Waals surface area contributed by atoms with Crippen LogP contribution in [0.15, 0.2) is 78.9 Å². The number of ketones is 1. The zero-order valence-corrected chi connectivity index (χ0v) is 18.7. The number of benzene rings is 3. The van der Waals surface area contributed by atoms with Gasteiger partial charge in [-0.25, -0.2) is 0 Å². The van der Waals surface area contributed by atoms with Gasteiger partial charge in [0.25, 0.3) is 5.69 Å². The van der Waals surface area contributed by atoms with Gasteiger partial charge >= 0.3 is 0 Å². The molecular weight excluding hydrogens is 450 g/mol. The number of non-ortho nitro benzene ring substituents is 1. The zero-order chi connectivity index (χ0) is 24.7. The van der Waals surface area contributed by atoms with Crippen LogP contribution in [-0.2, 0) is 0 Å². The molecule has 4 atom stereocenters. The van der Waals surface area contributed by atoms with E-state index in [0.717, 1.165) is 5.56 Å². The summed E-state index contributed by atoms with van der Waals surface area (Å²) in [5.74, 6) is -0.619. The van der Waals surface area contributed by atoms with Crippen molar-refractivity contribution in [3.8, 4) is 5.75 Å². The number of ether oxygens (including phenoxy) is 1. The number of nitrogens with zero attached hydrogens (tertiary/aromatic N) is 3. The molecule has 0 aromatic heterocycles. The number of nitro groups is 2. The molecular formula is C26H21N3O6. The van der Waals surface area contributed by atoms with Crippen molar-refractivity contribution in [3.05, 3.63) is 116 Å². The lowest BCUT2D eigenvalue weighted by molar-refractivity contribution is -0.524. The minimum Gasteiger partial charge on any atom is -0.497 e. The van der Waals surface area contributed by atoms with Gasteiger partial charge in [-0.2, -0.15) is 0 Å². The highest BCUT2D eigenvalue weighted by Crippen LogP contribution is 2.47. The second-order valence-corrected chi connectivity index (χ2v) is 8.51. The fourth-order valence-corrected chi connectivity index (χ4v) is 5.20. The summed E-state index contributed by atoms with van der Waals surface area (Å²) in [5.41, 5.74) is 2.11. The van der Waals surface area contributed by atoms with E-state index in [2.05, 4.69) is 0 Å². The van der Waals surface area contributed by atoms with Crippen molar-refractivity contribution in [2.75, 3.05) is 12.0 Å². The van der Waals surface area contributed by atoms with Gasteiger partial charge in [-0.05, 0) is 29.3 Å². The predicted octanol–water partition coefficient (Wildman–Crippen LogP) is 4.50. The maximum atomic E-state index is 14.0. The molecule has 5 rings (SSSR count). The SMILES string of the molecule is COc1ccc([C@@H]2[C@@H]([N+](=O)[O-])[C@@H]3C=Cc4ccccc4N3[C@@H]2C(=O)c2cccc([N+](=O)[O-])c2)cc1. The van der Waals surface area contributed by atoms with E-state index in [-0.39, 0.29) is 16.2 Å². The largest absolute Gasteiger partial charge is 0.497 e. The number of anilines is 1. The molecule has 0 N–H and O–H groups in total. The van der Waals surface area contributed by atoms with Crippen LogP contribution in [0.4, 0.5) is 11.4 Å². The van der Waals surface area contributed by atoms with Gasteiger partial charge in [-0.3, -0.25) is 25.0 Å². The fraction of sp³-hybridized carbons (Fsp3) is 0.192. The van der Waals surface area contributed by atoms with Crippen molar-refractivity contribution >= 4 is 23.2 Å². The molecule has 9 nitrogen and oxygen atoms in total. The summed E-state index contributed by atoms with van der Waals surface area (Å²) in [4.78, 5) is 38.7. The van der Waals surface area contributed by atoms with Crippen LogP contribution in [0.5, 0.6) is 5.75 Å². The Hall–Kier alpha value is -4.53. The number of para-hydroxylation sites is 1. The van der Waals surface area contributed by atoms with E-state index in [9.17, 15) is 25.0 Å². The minimum absolute atomic E-state index is 0.137. The minimum atomic E-state index is -1.11. The third-order valence-corrected chi connectivity index (χ3v) is 6.72. The highest BCUT2D eigenvalue weighted by Gasteiger charge is 2.59. The average Bonchev–Trinajstić information content (AvgIpc) is 3.24. The lowest BCUT2D eigenvalue weighted by Crippen LogP contribution is -2.44. The van der Waals surface area contributed by atoms with Crippen molar-refractivity contribution in [2.24, 2.45) is 0 Å². The third-order valence-electron chi connectivity index (χ3n) is 6.72. The van der Waals surface area contributed by atoms with Crippen LogP contribution >= 0.6 is 0 Å². The van der Waals surface area contributed by atoms with Crippen molar-refractivity contribution in [1.29, 1.82) is 0 Å². The summed E-state index contributed by atoms with van der Waals surface area (Å²) in [7, 11) is 1.53. The Bertz CT molecular complexity index is 1350. The third kappa shape index (κ3) is 3.71. The Morgan fingerprint density at radius 2 is 1.71 bits per heavy atom. The normalized spacial score (nSPS) is 22.3. The Morgan fingerprint density at radius 3 is 2.40 bits per heavy atom. The number of methoxy groups -OCH3 is 1. The van der Waals surface area contributed by atoms with Gasteiger partial charge in [0.05, 0.1) is 18.0 Å². The molecule has 2 aliphatic heterocycles. The number of carbonyl (C=O) groups excluding carboxylic acids is 1. The van der Waals surface area contributed by atoms with Crippen LogP contribution in [0.1, 0.15) is 27.4 Å². The summed E-state index contributed by atoms with van der Waals surface area (Å²) in [6.45, 7) is 0. The van der Waals surface area contributed by atoms with Crippen LogP contribution in [0.3, 0.4) is 0 Å². The quantitative estimate of drug-likeness (QED) is 0.295. The molecule has 2 heterocycles. The number of hydrogen-bond acceptors (Lipinski definition) is 7. The molecule has 0 bridgehead atoms.